The average Bonchev–Trinajstić information content (AvgIpc) is 2.70. The lowest BCUT2D eigenvalue weighted by Gasteiger charge is -2.42. The third kappa shape index (κ3) is 4.33. The normalized spacial score (nSPS) is 16.7. The van der Waals surface area contributed by atoms with Gasteiger partial charge in [-0.3, -0.25) is 4.79 Å². The van der Waals surface area contributed by atoms with Crippen LogP contribution in [0.5, 0.6) is 0 Å². The number of carbonyl (C=O) groups excluding carboxylic acids is 2. The molecule has 4 nitrogen and oxygen atoms in total. The number of ether oxygens (including phenoxy) is 1. The van der Waals surface area contributed by atoms with Crippen LogP contribution in [0.15, 0.2) is 42.5 Å². The van der Waals surface area contributed by atoms with E-state index in [9.17, 15) is 9.59 Å². The number of esters is 1. The first-order chi connectivity index (χ1) is 14.0. The van der Waals surface area contributed by atoms with E-state index in [4.69, 9.17) is 0 Å². The molecule has 0 fully saturated rings. The summed E-state index contributed by atoms with van der Waals surface area (Å²) in [6, 6.07) is 11.7. The second kappa shape index (κ2) is 8.10. The van der Waals surface area contributed by atoms with Gasteiger partial charge in [-0.05, 0) is 71.1 Å². The van der Waals surface area contributed by atoms with Crippen LogP contribution < -0.4 is 5.32 Å². The molecule has 2 aromatic rings. The molecule has 0 heterocycles. The molecule has 1 amide bonds. The van der Waals surface area contributed by atoms with E-state index in [2.05, 4.69) is 49.9 Å². The van der Waals surface area contributed by atoms with Gasteiger partial charge in [0.1, 0.15) is 0 Å². The smallest absolute Gasteiger partial charge is 0.330 e. The summed E-state index contributed by atoms with van der Waals surface area (Å²) >= 11 is 0. The quantitative estimate of drug-likeness (QED) is 0.518. The van der Waals surface area contributed by atoms with Gasteiger partial charge in [0.2, 0.25) is 0 Å². The largest absolute Gasteiger partial charge is 0.466 e. The second-order valence-corrected chi connectivity index (χ2v) is 9.38. The fourth-order valence-electron chi connectivity index (χ4n) is 4.14. The number of hydrogen-bond acceptors (Lipinski definition) is 3. The Balaban J connectivity index is 1.96. The van der Waals surface area contributed by atoms with Gasteiger partial charge < -0.3 is 10.1 Å². The van der Waals surface area contributed by atoms with Crippen molar-refractivity contribution >= 4 is 23.6 Å². The van der Waals surface area contributed by atoms with Gasteiger partial charge in [-0.25, -0.2) is 4.79 Å². The maximum Gasteiger partial charge on any atom is 0.330 e. The van der Waals surface area contributed by atoms with E-state index in [0.29, 0.717) is 11.3 Å². The number of para-hydroxylation sites is 1. The number of carbonyl (C=O) groups is 2. The van der Waals surface area contributed by atoms with E-state index in [0.717, 1.165) is 24.0 Å². The molecule has 1 aliphatic rings. The van der Waals surface area contributed by atoms with Gasteiger partial charge in [0.15, 0.2) is 0 Å². The minimum atomic E-state index is -0.438. The van der Waals surface area contributed by atoms with Crippen LogP contribution in [0, 0.1) is 6.92 Å². The van der Waals surface area contributed by atoms with Crippen molar-refractivity contribution in [3.8, 4) is 0 Å². The highest BCUT2D eigenvalue weighted by Crippen LogP contribution is 2.46. The Bertz CT molecular complexity index is 1010. The maximum absolute atomic E-state index is 13.2. The number of methoxy groups -OCH3 is 1. The second-order valence-electron chi connectivity index (χ2n) is 9.38. The Kier molecular flexibility index (Phi) is 5.89. The summed E-state index contributed by atoms with van der Waals surface area (Å²) in [4.78, 5) is 24.7. The number of benzene rings is 2. The van der Waals surface area contributed by atoms with Gasteiger partial charge in [-0.1, -0.05) is 52.0 Å². The number of fused-ring (bicyclic) bond motifs is 1. The molecule has 0 aliphatic heterocycles. The van der Waals surface area contributed by atoms with Gasteiger partial charge >= 0.3 is 5.97 Å². The number of rotatable bonds is 4. The highest BCUT2D eigenvalue weighted by molar-refractivity contribution is 6.06. The summed E-state index contributed by atoms with van der Waals surface area (Å²) in [6.45, 7) is 11.1. The lowest BCUT2D eigenvalue weighted by Crippen LogP contribution is -2.34. The number of nitrogens with one attached hydrogen (secondary N) is 1. The topological polar surface area (TPSA) is 55.4 Å². The zero-order valence-corrected chi connectivity index (χ0v) is 18.8. The Morgan fingerprint density at radius 3 is 2.23 bits per heavy atom. The minimum Gasteiger partial charge on any atom is -0.466 e. The van der Waals surface area contributed by atoms with E-state index in [1.165, 1.54) is 24.3 Å². The molecule has 0 spiro atoms. The maximum atomic E-state index is 13.2. The Morgan fingerprint density at radius 1 is 1.00 bits per heavy atom. The fourth-order valence-corrected chi connectivity index (χ4v) is 4.14. The van der Waals surface area contributed by atoms with Crippen molar-refractivity contribution in [3.63, 3.8) is 0 Å². The molecule has 1 N–H and O–H groups in total. The molecule has 30 heavy (non-hydrogen) atoms. The summed E-state index contributed by atoms with van der Waals surface area (Å²) < 4.78 is 4.65. The Morgan fingerprint density at radius 2 is 1.60 bits per heavy atom. The highest BCUT2D eigenvalue weighted by Gasteiger charge is 2.37. The number of hydrogen-bond donors (Lipinski definition) is 1. The monoisotopic (exact) mass is 405 g/mol. The van der Waals surface area contributed by atoms with Crippen LogP contribution >= 0.6 is 0 Å². The van der Waals surface area contributed by atoms with Crippen molar-refractivity contribution in [2.75, 3.05) is 12.4 Å². The van der Waals surface area contributed by atoms with Crippen molar-refractivity contribution in [1.82, 2.24) is 0 Å². The van der Waals surface area contributed by atoms with Gasteiger partial charge in [0, 0.05) is 17.3 Å². The van der Waals surface area contributed by atoms with Gasteiger partial charge in [-0.2, -0.15) is 0 Å². The van der Waals surface area contributed by atoms with Crippen LogP contribution in [0.1, 0.15) is 73.1 Å². The van der Waals surface area contributed by atoms with E-state index >= 15 is 0 Å². The van der Waals surface area contributed by atoms with Gasteiger partial charge in [0.25, 0.3) is 5.91 Å². The van der Waals surface area contributed by atoms with Gasteiger partial charge in [0.05, 0.1) is 7.11 Å². The molecule has 0 atom stereocenters. The number of amides is 1. The molecule has 4 heteroatoms. The van der Waals surface area contributed by atoms with Crippen LogP contribution in [0.3, 0.4) is 0 Å². The molecule has 0 bridgehead atoms. The zero-order chi connectivity index (χ0) is 22.1. The molecule has 0 saturated heterocycles. The lowest BCUT2D eigenvalue weighted by atomic mass is 9.62. The summed E-state index contributed by atoms with van der Waals surface area (Å²) in [7, 11) is 1.34. The molecule has 158 valence electrons. The predicted octanol–water partition coefficient (Wildman–Crippen LogP) is 5.78. The SMILES string of the molecule is COC(=O)C=Cc1ccccc1NC(=O)c1cc2c(cc1C)C(C)(C)CCC2(C)C. The molecule has 0 radical (unpaired) electrons. The van der Waals surface area contributed by atoms with E-state index in [-0.39, 0.29) is 16.7 Å². The number of anilines is 1. The van der Waals surface area contributed by atoms with Gasteiger partial charge in [-0.15, -0.1) is 0 Å². The van der Waals surface area contributed by atoms with E-state index < -0.39 is 5.97 Å². The van der Waals surface area contributed by atoms with Crippen molar-refractivity contribution in [1.29, 1.82) is 0 Å². The molecule has 2 aromatic carbocycles. The van der Waals surface area contributed by atoms with Crippen LogP contribution in [0.2, 0.25) is 0 Å². The Hall–Kier alpha value is -2.88. The molecule has 0 aromatic heterocycles. The average molecular weight is 406 g/mol. The van der Waals surface area contributed by atoms with Crippen molar-refractivity contribution in [3.05, 3.63) is 70.3 Å². The molecule has 0 unspecified atom stereocenters. The van der Waals surface area contributed by atoms with Crippen LogP contribution in [0.25, 0.3) is 6.08 Å². The first-order valence-corrected chi connectivity index (χ1v) is 10.4. The molecule has 3 rings (SSSR count). The first-order valence-electron chi connectivity index (χ1n) is 10.4. The molecule has 0 saturated carbocycles. The summed E-state index contributed by atoms with van der Waals surface area (Å²) in [5, 5.41) is 3.02. The Labute approximate surface area is 179 Å². The summed E-state index contributed by atoms with van der Waals surface area (Å²) in [5.74, 6) is -0.583. The molecular formula is C26H31NO3. The van der Waals surface area contributed by atoms with Crippen LogP contribution in [0.4, 0.5) is 5.69 Å². The highest BCUT2D eigenvalue weighted by atomic mass is 16.5. The standard InChI is InChI=1S/C26H31NO3/c1-17-15-20-21(26(4,5)14-13-25(20,2)3)16-19(17)24(29)27-22-10-8-7-9-18(22)11-12-23(28)30-6/h7-12,15-16H,13-14H2,1-6H3,(H,27,29). The summed E-state index contributed by atoms with van der Waals surface area (Å²) in [5.41, 5.74) is 5.80. The third-order valence-electron chi connectivity index (χ3n) is 6.25. The molecule has 1 aliphatic carbocycles. The van der Waals surface area contributed by atoms with Crippen molar-refractivity contribution in [2.45, 2.75) is 58.3 Å². The van der Waals surface area contributed by atoms with Crippen LogP contribution in [-0.4, -0.2) is 19.0 Å². The first kappa shape index (κ1) is 21.8. The van der Waals surface area contributed by atoms with E-state index in [1.807, 2.05) is 31.2 Å². The van der Waals surface area contributed by atoms with Crippen molar-refractivity contribution < 1.29 is 14.3 Å². The number of aryl methyl sites for hydroxylation is 1. The van der Waals surface area contributed by atoms with Crippen LogP contribution in [-0.2, 0) is 20.4 Å². The van der Waals surface area contributed by atoms with Crippen molar-refractivity contribution in [2.24, 2.45) is 0 Å². The minimum absolute atomic E-state index is 0.0365. The predicted molar refractivity (Wildman–Crippen MR) is 122 cm³/mol. The lowest BCUT2D eigenvalue weighted by molar-refractivity contribution is -0.134. The zero-order valence-electron chi connectivity index (χ0n) is 18.8. The third-order valence-corrected chi connectivity index (χ3v) is 6.25. The van der Waals surface area contributed by atoms with E-state index in [1.54, 1.807) is 6.08 Å². The fraction of sp³-hybridized carbons (Fsp3) is 0.385. The summed E-state index contributed by atoms with van der Waals surface area (Å²) in [6.07, 6.45) is 5.22. The molecular weight excluding hydrogens is 374 g/mol.